The van der Waals surface area contributed by atoms with Gasteiger partial charge in [-0.25, -0.2) is 8.78 Å². The summed E-state index contributed by atoms with van der Waals surface area (Å²) in [7, 11) is 0. The van der Waals surface area contributed by atoms with Crippen LogP contribution in [-0.2, 0) is 0 Å². The highest BCUT2D eigenvalue weighted by atomic mass is 79.9. The van der Waals surface area contributed by atoms with Crippen LogP contribution in [0.25, 0.3) is 0 Å². The zero-order valence-electron chi connectivity index (χ0n) is 7.45. The minimum Gasteiger partial charge on any atom is -0.506 e. The molecule has 0 aliphatic rings. The van der Waals surface area contributed by atoms with Gasteiger partial charge in [0, 0.05) is 0 Å². The lowest BCUT2D eigenvalue weighted by Crippen LogP contribution is -2.29. The van der Waals surface area contributed by atoms with Crippen LogP contribution < -0.4 is 5.73 Å². The van der Waals surface area contributed by atoms with E-state index in [1.165, 1.54) is 0 Å². The first-order chi connectivity index (χ1) is 7.16. The fraction of sp³-hybridized carbons (Fsp3) is 0.250. The van der Waals surface area contributed by atoms with Crippen molar-refractivity contribution >= 4 is 15.9 Å². The van der Waals surface area contributed by atoms with E-state index in [2.05, 4.69) is 15.9 Å². The lowest BCUT2D eigenvalue weighted by molar-refractivity contribution is -0.150. The third-order valence-corrected chi connectivity index (χ3v) is 2.45. The van der Waals surface area contributed by atoms with Gasteiger partial charge in [-0.1, -0.05) is 0 Å². The molecular formula is C8H5BrF5NO. The summed E-state index contributed by atoms with van der Waals surface area (Å²) in [5.41, 5.74) is 3.38. The molecule has 1 rings (SSSR count). The summed E-state index contributed by atoms with van der Waals surface area (Å²) < 4.78 is 62.2. The zero-order valence-corrected chi connectivity index (χ0v) is 9.03. The molecule has 1 aromatic carbocycles. The average Bonchev–Trinajstić information content (AvgIpc) is 2.13. The molecule has 2 nitrogen and oxygen atoms in total. The molecule has 0 unspecified atom stereocenters. The highest BCUT2D eigenvalue weighted by molar-refractivity contribution is 9.10. The zero-order chi connectivity index (χ0) is 12.7. The number of hydrogen-bond acceptors (Lipinski definition) is 2. The molecule has 1 aromatic rings. The third-order valence-electron chi connectivity index (χ3n) is 1.84. The molecule has 1 atom stereocenters. The smallest absolute Gasteiger partial charge is 0.407 e. The van der Waals surface area contributed by atoms with Gasteiger partial charge in [-0.05, 0) is 22.0 Å². The molecule has 0 heterocycles. The van der Waals surface area contributed by atoms with Crippen LogP contribution in [0.2, 0.25) is 0 Å². The van der Waals surface area contributed by atoms with Crippen LogP contribution in [0.4, 0.5) is 22.0 Å². The van der Waals surface area contributed by atoms with E-state index in [-0.39, 0.29) is 0 Å². The molecule has 8 heteroatoms. The van der Waals surface area contributed by atoms with E-state index in [1.807, 2.05) is 0 Å². The van der Waals surface area contributed by atoms with Crippen molar-refractivity contribution in [1.82, 2.24) is 0 Å². The van der Waals surface area contributed by atoms with Gasteiger partial charge < -0.3 is 10.8 Å². The second-order valence-corrected chi connectivity index (χ2v) is 3.79. The minimum atomic E-state index is -4.98. The third kappa shape index (κ3) is 2.27. The van der Waals surface area contributed by atoms with E-state index >= 15 is 0 Å². The van der Waals surface area contributed by atoms with Gasteiger partial charge >= 0.3 is 6.18 Å². The summed E-state index contributed by atoms with van der Waals surface area (Å²) >= 11 is 2.59. The van der Waals surface area contributed by atoms with Crippen molar-refractivity contribution in [2.24, 2.45) is 5.73 Å². The van der Waals surface area contributed by atoms with E-state index in [0.717, 1.165) is 0 Å². The van der Waals surface area contributed by atoms with Gasteiger partial charge in [-0.15, -0.1) is 0 Å². The van der Waals surface area contributed by atoms with Gasteiger partial charge in [-0.2, -0.15) is 13.2 Å². The summed E-state index contributed by atoms with van der Waals surface area (Å²) in [6.45, 7) is 0. The first-order valence-corrected chi connectivity index (χ1v) is 4.64. The second-order valence-electron chi connectivity index (χ2n) is 2.94. The molecule has 0 amide bonds. The van der Waals surface area contributed by atoms with Crippen molar-refractivity contribution in [2.75, 3.05) is 0 Å². The van der Waals surface area contributed by atoms with Crippen molar-refractivity contribution in [3.05, 3.63) is 27.7 Å². The van der Waals surface area contributed by atoms with Gasteiger partial charge in [0.1, 0.15) is 11.8 Å². The Bertz CT molecular complexity index is 394. The normalized spacial score (nSPS) is 13.9. The Morgan fingerprint density at radius 2 is 1.81 bits per heavy atom. The van der Waals surface area contributed by atoms with Crippen molar-refractivity contribution < 1.29 is 27.1 Å². The molecule has 0 saturated carbocycles. The van der Waals surface area contributed by atoms with Crippen molar-refractivity contribution in [2.45, 2.75) is 12.2 Å². The van der Waals surface area contributed by atoms with E-state index in [1.54, 1.807) is 0 Å². The molecule has 0 bridgehead atoms. The molecule has 0 saturated heterocycles. The first-order valence-electron chi connectivity index (χ1n) is 3.85. The Labute approximate surface area is 95.0 Å². The summed E-state index contributed by atoms with van der Waals surface area (Å²) in [5.74, 6) is -4.41. The number of aromatic hydroxyl groups is 1. The number of benzene rings is 1. The SMILES string of the molecule is N[C@@H](c1c(O)c(Br)cc(F)c1F)C(F)(F)F. The van der Waals surface area contributed by atoms with Crippen LogP contribution in [0.5, 0.6) is 5.75 Å². The summed E-state index contributed by atoms with van der Waals surface area (Å²) in [6.07, 6.45) is -4.98. The van der Waals surface area contributed by atoms with E-state index < -0.39 is 39.6 Å². The summed E-state index contributed by atoms with van der Waals surface area (Å²) in [5, 5.41) is 9.20. The molecule has 0 spiro atoms. The van der Waals surface area contributed by atoms with Gasteiger partial charge in [0.05, 0.1) is 10.0 Å². The van der Waals surface area contributed by atoms with Crippen molar-refractivity contribution in [3.8, 4) is 5.75 Å². The Balaban J connectivity index is 3.44. The molecule has 16 heavy (non-hydrogen) atoms. The van der Waals surface area contributed by atoms with Gasteiger partial charge in [-0.3, -0.25) is 0 Å². The Morgan fingerprint density at radius 1 is 1.31 bits per heavy atom. The molecule has 0 radical (unpaired) electrons. The number of hydrogen-bond donors (Lipinski definition) is 2. The molecule has 3 N–H and O–H groups in total. The molecule has 0 aromatic heterocycles. The first kappa shape index (κ1) is 13.2. The monoisotopic (exact) mass is 305 g/mol. The number of rotatable bonds is 1. The number of phenols is 1. The number of alkyl halides is 3. The quantitative estimate of drug-likeness (QED) is 0.619. The fourth-order valence-electron chi connectivity index (χ4n) is 1.05. The van der Waals surface area contributed by atoms with Crippen LogP contribution in [-0.4, -0.2) is 11.3 Å². The van der Waals surface area contributed by atoms with E-state index in [4.69, 9.17) is 5.73 Å². The largest absolute Gasteiger partial charge is 0.506 e. The maximum atomic E-state index is 13.1. The predicted octanol–water partition coefficient (Wildman–Crippen LogP) is 2.99. The lowest BCUT2D eigenvalue weighted by atomic mass is 10.1. The Hall–Kier alpha value is -0.890. The lowest BCUT2D eigenvalue weighted by Gasteiger charge is -2.18. The van der Waals surface area contributed by atoms with Crippen LogP contribution in [0, 0.1) is 11.6 Å². The Morgan fingerprint density at radius 3 is 2.25 bits per heavy atom. The average molecular weight is 306 g/mol. The van der Waals surface area contributed by atoms with Gasteiger partial charge in [0.15, 0.2) is 11.6 Å². The van der Waals surface area contributed by atoms with Crippen LogP contribution >= 0.6 is 15.9 Å². The predicted molar refractivity (Wildman–Crippen MR) is 48.7 cm³/mol. The molecule has 0 aliphatic carbocycles. The van der Waals surface area contributed by atoms with Crippen LogP contribution in [0.15, 0.2) is 10.5 Å². The standard InChI is InChI=1S/C8H5BrF5NO/c9-2-1-3(10)5(11)4(6(2)16)7(15)8(12,13)14/h1,7,16H,15H2/t7-/m0/s1. The van der Waals surface area contributed by atoms with Crippen LogP contribution in [0.1, 0.15) is 11.6 Å². The van der Waals surface area contributed by atoms with Gasteiger partial charge in [0.2, 0.25) is 0 Å². The Kier molecular flexibility index (Phi) is 3.44. The topological polar surface area (TPSA) is 46.2 Å². The number of nitrogens with two attached hydrogens (primary N) is 1. The molecule has 90 valence electrons. The number of halogens is 6. The van der Waals surface area contributed by atoms with Crippen molar-refractivity contribution in [1.29, 1.82) is 0 Å². The van der Waals surface area contributed by atoms with Gasteiger partial charge in [0.25, 0.3) is 0 Å². The maximum Gasteiger partial charge on any atom is 0.407 e. The van der Waals surface area contributed by atoms with E-state index in [0.29, 0.717) is 6.07 Å². The fourth-order valence-corrected chi connectivity index (χ4v) is 1.47. The molecular weight excluding hydrogens is 301 g/mol. The number of phenolic OH excluding ortho intramolecular Hbond substituents is 1. The minimum absolute atomic E-state index is 0.402. The summed E-state index contributed by atoms with van der Waals surface area (Å²) in [6, 6.07) is -2.28. The maximum absolute atomic E-state index is 13.1. The highest BCUT2D eigenvalue weighted by Gasteiger charge is 2.42. The highest BCUT2D eigenvalue weighted by Crippen LogP contribution is 2.40. The van der Waals surface area contributed by atoms with E-state index in [9.17, 15) is 27.1 Å². The molecule has 0 aliphatic heterocycles. The second kappa shape index (κ2) is 4.17. The van der Waals surface area contributed by atoms with Crippen molar-refractivity contribution in [3.63, 3.8) is 0 Å². The summed E-state index contributed by atoms with van der Waals surface area (Å²) in [4.78, 5) is 0. The molecule has 0 fully saturated rings. The van der Waals surface area contributed by atoms with Crippen LogP contribution in [0.3, 0.4) is 0 Å².